The van der Waals surface area contributed by atoms with Gasteiger partial charge < -0.3 is 18.9 Å². The molecule has 0 saturated carbocycles. The summed E-state index contributed by atoms with van der Waals surface area (Å²) in [5, 5.41) is 8.82. The van der Waals surface area contributed by atoms with Gasteiger partial charge in [0, 0.05) is 17.9 Å². The zero-order valence-electron chi connectivity index (χ0n) is 17.7. The molecule has 2 rings (SSSR count). The number of esters is 2. The highest BCUT2D eigenvalue weighted by molar-refractivity contribution is 5.95. The van der Waals surface area contributed by atoms with Crippen molar-refractivity contribution in [3.63, 3.8) is 0 Å². The largest absolute Gasteiger partial charge is 0.462 e. The first kappa shape index (κ1) is 23.6. The Bertz CT molecular complexity index is 1010. The van der Waals surface area contributed by atoms with Crippen molar-refractivity contribution in [3.8, 4) is 6.07 Å². The molecule has 1 heterocycles. The average molecular weight is 429 g/mol. The fraction of sp³-hybridized carbons (Fsp3) is 0.364. The Hall–Kier alpha value is -3.67. The lowest BCUT2D eigenvalue weighted by atomic mass is 10.2. The van der Waals surface area contributed by atoms with E-state index in [4.69, 9.17) is 14.7 Å². The van der Waals surface area contributed by atoms with E-state index in [1.807, 2.05) is 6.07 Å². The molecule has 0 aliphatic heterocycles. The summed E-state index contributed by atoms with van der Waals surface area (Å²) in [6.07, 6.45) is -0.00753. The molecule has 0 atom stereocenters. The first-order valence-electron chi connectivity index (χ1n) is 9.71. The summed E-state index contributed by atoms with van der Waals surface area (Å²) >= 11 is 0. The quantitative estimate of drug-likeness (QED) is 0.568. The van der Waals surface area contributed by atoms with E-state index in [1.165, 1.54) is 18.2 Å². The standard InChI is InChI=1S/C22H24FN3O5/c1-4-30-22(29)17-12-15(2)26(16(17)3)13-21(28)31-14-20(27)25(11-7-10-24)19-9-6-5-8-18(19)23/h5-6,8-9,12H,4,7,11,13-14H2,1-3H3. The van der Waals surface area contributed by atoms with Crippen molar-refractivity contribution >= 4 is 23.5 Å². The van der Waals surface area contributed by atoms with Gasteiger partial charge in [-0.25, -0.2) is 9.18 Å². The predicted molar refractivity (Wildman–Crippen MR) is 110 cm³/mol. The maximum Gasteiger partial charge on any atom is 0.339 e. The van der Waals surface area contributed by atoms with Crippen LogP contribution in [0, 0.1) is 31.0 Å². The number of halogens is 1. The molecular weight excluding hydrogens is 405 g/mol. The maximum absolute atomic E-state index is 14.1. The summed E-state index contributed by atoms with van der Waals surface area (Å²) < 4.78 is 25.8. The molecule has 0 saturated heterocycles. The fourth-order valence-electron chi connectivity index (χ4n) is 3.07. The highest BCUT2D eigenvalue weighted by atomic mass is 19.1. The van der Waals surface area contributed by atoms with Crippen LogP contribution >= 0.6 is 0 Å². The summed E-state index contributed by atoms with van der Waals surface area (Å²) in [7, 11) is 0. The van der Waals surface area contributed by atoms with Crippen LogP contribution in [0.1, 0.15) is 35.1 Å². The molecule has 9 heteroatoms. The zero-order chi connectivity index (χ0) is 23.0. The van der Waals surface area contributed by atoms with Crippen molar-refractivity contribution < 1.29 is 28.2 Å². The molecule has 0 aliphatic rings. The van der Waals surface area contributed by atoms with Crippen molar-refractivity contribution in [3.05, 3.63) is 53.1 Å². The number of carbonyl (C=O) groups excluding carboxylic acids is 3. The SMILES string of the molecule is CCOC(=O)c1cc(C)n(CC(=O)OCC(=O)N(CCC#N)c2ccccc2F)c1C. The number of carbonyl (C=O) groups is 3. The van der Waals surface area contributed by atoms with Gasteiger partial charge in [-0.3, -0.25) is 9.59 Å². The number of anilines is 1. The summed E-state index contributed by atoms with van der Waals surface area (Å²) in [5.41, 5.74) is 1.56. The van der Waals surface area contributed by atoms with E-state index in [2.05, 4.69) is 0 Å². The minimum absolute atomic E-state index is 0.00753. The minimum atomic E-state index is -0.695. The third-order valence-electron chi connectivity index (χ3n) is 4.60. The van der Waals surface area contributed by atoms with Crippen LogP contribution in [0.15, 0.2) is 30.3 Å². The van der Waals surface area contributed by atoms with Crippen LogP contribution in [0.3, 0.4) is 0 Å². The van der Waals surface area contributed by atoms with Crippen molar-refractivity contribution in [2.24, 2.45) is 0 Å². The second kappa shape index (κ2) is 10.9. The molecule has 2 aromatic rings. The average Bonchev–Trinajstić information content (AvgIpc) is 3.02. The van der Waals surface area contributed by atoms with E-state index in [0.29, 0.717) is 17.0 Å². The van der Waals surface area contributed by atoms with Gasteiger partial charge >= 0.3 is 11.9 Å². The van der Waals surface area contributed by atoms with Crippen LogP contribution in [0.5, 0.6) is 0 Å². The molecule has 8 nitrogen and oxygen atoms in total. The number of rotatable bonds is 9. The lowest BCUT2D eigenvalue weighted by molar-refractivity contribution is -0.148. The van der Waals surface area contributed by atoms with Gasteiger partial charge in [-0.1, -0.05) is 12.1 Å². The molecule has 0 spiro atoms. The number of hydrogen-bond donors (Lipinski definition) is 0. The van der Waals surface area contributed by atoms with Gasteiger partial charge in [-0.15, -0.1) is 0 Å². The van der Waals surface area contributed by atoms with E-state index in [1.54, 1.807) is 37.5 Å². The van der Waals surface area contributed by atoms with E-state index in [9.17, 15) is 18.8 Å². The molecule has 1 amide bonds. The normalized spacial score (nSPS) is 10.3. The van der Waals surface area contributed by atoms with Gasteiger partial charge in [0.15, 0.2) is 6.61 Å². The molecular formula is C22H24FN3O5. The Kier molecular flexibility index (Phi) is 8.32. The highest BCUT2D eigenvalue weighted by Gasteiger charge is 2.22. The van der Waals surface area contributed by atoms with Crippen molar-refractivity contribution in [2.45, 2.75) is 33.7 Å². The number of nitrogens with zero attached hydrogens (tertiary/aromatic N) is 3. The smallest absolute Gasteiger partial charge is 0.339 e. The minimum Gasteiger partial charge on any atom is -0.462 e. The molecule has 164 valence electrons. The number of aromatic nitrogens is 1. The summed E-state index contributed by atoms with van der Waals surface area (Å²) in [4.78, 5) is 38.0. The van der Waals surface area contributed by atoms with Gasteiger partial charge in [-0.2, -0.15) is 5.26 Å². The van der Waals surface area contributed by atoms with E-state index < -0.39 is 30.3 Å². The molecule has 0 aliphatic carbocycles. The first-order valence-corrected chi connectivity index (χ1v) is 9.71. The Labute approximate surface area is 179 Å². The molecule has 0 bridgehead atoms. The van der Waals surface area contributed by atoms with Gasteiger partial charge in [0.2, 0.25) is 0 Å². The number of ether oxygens (including phenoxy) is 2. The third kappa shape index (κ3) is 5.92. The zero-order valence-corrected chi connectivity index (χ0v) is 17.7. The number of para-hydroxylation sites is 1. The van der Waals surface area contributed by atoms with Crippen LogP contribution in [0.25, 0.3) is 0 Å². The monoisotopic (exact) mass is 429 g/mol. The van der Waals surface area contributed by atoms with Gasteiger partial charge in [0.25, 0.3) is 5.91 Å². The van der Waals surface area contributed by atoms with Crippen LogP contribution < -0.4 is 4.90 Å². The Morgan fingerprint density at radius 2 is 1.90 bits per heavy atom. The van der Waals surface area contributed by atoms with Gasteiger partial charge in [0.05, 0.1) is 30.3 Å². The van der Waals surface area contributed by atoms with Crippen LogP contribution in [-0.2, 0) is 25.6 Å². The van der Waals surface area contributed by atoms with Crippen LogP contribution in [0.2, 0.25) is 0 Å². The summed E-state index contributed by atoms with van der Waals surface area (Å²) in [6.45, 7) is 4.50. The Balaban J connectivity index is 2.06. The van der Waals surface area contributed by atoms with Crippen molar-refractivity contribution in [1.29, 1.82) is 5.26 Å². The second-order valence-corrected chi connectivity index (χ2v) is 6.66. The number of nitriles is 1. The second-order valence-electron chi connectivity index (χ2n) is 6.66. The highest BCUT2D eigenvalue weighted by Crippen LogP contribution is 2.20. The van der Waals surface area contributed by atoms with E-state index >= 15 is 0 Å². The molecule has 0 radical (unpaired) electrons. The van der Waals surface area contributed by atoms with Gasteiger partial charge in [-0.05, 0) is 39.0 Å². The number of hydrogen-bond acceptors (Lipinski definition) is 6. The first-order chi connectivity index (χ1) is 14.8. The molecule has 1 aromatic heterocycles. The molecule has 1 aromatic carbocycles. The Morgan fingerprint density at radius 1 is 1.19 bits per heavy atom. The van der Waals surface area contributed by atoms with Gasteiger partial charge in [0.1, 0.15) is 12.4 Å². The van der Waals surface area contributed by atoms with E-state index in [0.717, 1.165) is 4.90 Å². The number of amides is 1. The van der Waals surface area contributed by atoms with Crippen molar-refractivity contribution in [1.82, 2.24) is 4.57 Å². The van der Waals surface area contributed by atoms with Crippen LogP contribution in [-0.4, -0.2) is 42.2 Å². The number of benzene rings is 1. The summed E-state index contributed by atoms with van der Waals surface area (Å²) in [5.74, 6) is -2.45. The molecule has 0 N–H and O–H groups in total. The topological polar surface area (TPSA) is 102 Å². The summed E-state index contributed by atoms with van der Waals surface area (Å²) in [6, 6.07) is 9.19. The van der Waals surface area contributed by atoms with Crippen molar-refractivity contribution in [2.75, 3.05) is 24.7 Å². The lowest BCUT2D eigenvalue weighted by Crippen LogP contribution is -2.36. The molecule has 0 unspecified atom stereocenters. The third-order valence-corrected chi connectivity index (χ3v) is 4.60. The molecule has 0 fully saturated rings. The predicted octanol–water partition coefficient (Wildman–Crippen LogP) is 2.91. The molecule has 31 heavy (non-hydrogen) atoms. The Morgan fingerprint density at radius 3 is 2.55 bits per heavy atom. The fourth-order valence-corrected chi connectivity index (χ4v) is 3.07. The van der Waals surface area contributed by atoms with E-state index in [-0.39, 0.29) is 31.8 Å². The maximum atomic E-state index is 14.1. The van der Waals surface area contributed by atoms with Crippen LogP contribution in [0.4, 0.5) is 10.1 Å². The lowest BCUT2D eigenvalue weighted by Gasteiger charge is -2.22. The number of aryl methyl sites for hydroxylation is 1.